The highest BCUT2D eigenvalue weighted by Gasteiger charge is 2.12. The van der Waals surface area contributed by atoms with Gasteiger partial charge in [-0.1, -0.05) is 54.6 Å². The van der Waals surface area contributed by atoms with Gasteiger partial charge in [-0.25, -0.2) is 0 Å². The molecule has 0 fully saturated rings. The maximum atomic E-state index is 12.5. The average Bonchev–Trinajstić information content (AvgIpc) is 2.71. The smallest absolute Gasteiger partial charge is 0.255 e. The summed E-state index contributed by atoms with van der Waals surface area (Å²) in [7, 11) is 1.63. The van der Waals surface area contributed by atoms with Crippen LogP contribution in [0.3, 0.4) is 0 Å². The number of ether oxygens (including phenoxy) is 2. The van der Waals surface area contributed by atoms with Gasteiger partial charge in [0.25, 0.3) is 5.91 Å². The summed E-state index contributed by atoms with van der Waals surface area (Å²) in [4.78, 5) is 12.5. The predicted molar refractivity (Wildman–Crippen MR) is 101 cm³/mol. The fourth-order valence-corrected chi connectivity index (χ4v) is 2.58. The monoisotopic (exact) mass is 347 g/mol. The SMILES string of the molecule is COc1cccc(COc2ccccc2C(=O)NCc2ccccc2)c1. The molecule has 0 aromatic heterocycles. The van der Waals surface area contributed by atoms with Crippen molar-refractivity contribution < 1.29 is 14.3 Å². The van der Waals surface area contributed by atoms with Crippen LogP contribution in [-0.4, -0.2) is 13.0 Å². The summed E-state index contributed by atoms with van der Waals surface area (Å²) in [5, 5.41) is 2.93. The van der Waals surface area contributed by atoms with E-state index in [-0.39, 0.29) is 5.91 Å². The quantitative estimate of drug-likeness (QED) is 0.697. The number of benzene rings is 3. The van der Waals surface area contributed by atoms with Gasteiger partial charge in [0.2, 0.25) is 0 Å². The predicted octanol–water partition coefficient (Wildman–Crippen LogP) is 4.20. The van der Waals surface area contributed by atoms with Gasteiger partial charge in [-0.05, 0) is 35.4 Å². The van der Waals surface area contributed by atoms with Crippen LogP contribution in [0.4, 0.5) is 0 Å². The highest BCUT2D eigenvalue weighted by molar-refractivity contribution is 5.96. The molecule has 1 N–H and O–H groups in total. The molecule has 0 saturated heterocycles. The van der Waals surface area contributed by atoms with Crippen LogP contribution in [0.5, 0.6) is 11.5 Å². The molecule has 0 aliphatic rings. The first-order valence-electron chi connectivity index (χ1n) is 8.43. The van der Waals surface area contributed by atoms with Gasteiger partial charge in [0, 0.05) is 6.54 Å². The summed E-state index contributed by atoms with van der Waals surface area (Å²) < 4.78 is 11.1. The second kappa shape index (κ2) is 8.72. The Hall–Kier alpha value is -3.27. The van der Waals surface area contributed by atoms with Crippen molar-refractivity contribution in [2.75, 3.05) is 7.11 Å². The molecule has 0 unspecified atom stereocenters. The van der Waals surface area contributed by atoms with Crippen molar-refractivity contribution >= 4 is 5.91 Å². The summed E-state index contributed by atoms with van der Waals surface area (Å²) in [6.07, 6.45) is 0. The van der Waals surface area contributed by atoms with Gasteiger partial charge in [0.05, 0.1) is 12.7 Å². The number of methoxy groups -OCH3 is 1. The van der Waals surface area contributed by atoms with Crippen molar-refractivity contribution in [3.63, 3.8) is 0 Å². The van der Waals surface area contributed by atoms with Crippen LogP contribution >= 0.6 is 0 Å². The standard InChI is InChI=1S/C22H21NO3/c1-25-19-11-7-10-18(14-19)16-26-21-13-6-5-12-20(21)22(24)23-15-17-8-3-2-4-9-17/h2-14H,15-16H2,1H3,(H,23,24). The number of carbonyl (C=O) groups excluding carboxylic acids is 1. The average molecular weight is 347 g/mol. The number of carbonyl (C=O) groups is 1. The normalized spacial score (nSPS) is 10.2. The Morgan fingerprint density at radius 1 is 0.885 bits per heavy atom. The summed E-state index contributed by atoms with van der Waals surface area (Å²) in [5.41, 5.74) is 2.55. The van der Waals surface area contributed by atoms with E-state index in [1.165, 1.54) is 0 Å². The fourth-order valence-electron chi connectivity index (χ4n) is 2.58. The molecular formula is C22H21NO3. The van der Waals surface area contributed by atoms with E-state index in [1.807, 2.05) is 66.7 Å². The van der Waals surface area contributed by atoms with Crippen LogP contribution < -0.4 is 14.8 Å². The number of amides is 1. The molecule has 3 rings (SSSR count). The number of nitrogens with one attached hydrogen (secondary N) is 1. The van der Waals surface area contributed by atoms with Gasteiger partial charge in [-0.3, -0.25) is 4.79 Å². The molecule has 0 bridgehead atoms. The summed E-state index contributed by atoms with van der Waals surface area (Å²) >= 11 is 0. The number of para-hydroxylation sites is 1. The van der Waals surface area contributed by atoms with E-state index < -0.39 is 0 Å². The minimum Gasteiger partial charge on any atom is -0.497 e. The molecule has 0 aliphatic carbocycles. The first-order valence-corrected chi connectivity index (χ1v) is 8.43. The highest BCUT2D eigenvalue weighted by atomic mass is 16.5. The molecule has 3 aromatic rings. The Morgan fingerprint density at radius 2 is 1.62 bits per heavy atom. The lowest BCUT2D eigenvalue weighted by molar-refractivity contribution is 0.0946. The van der Waals surface area contributed by atoms with Gasteiger partial charge < -0.3 is 14.8 Å². The first-order chi connectivity index (χ1) is 12.8. The van der Waals surface area contributed by atoms with Gasteiger partial charge >= 0.3 is 0 Å². The van der Waals surface area contributed by atoms with E-state index in [0.717, 1.165) is 16.9 Å². The van der Waals surface area contributed by atoms with Crippen LogP contribution in [0.15, 0.2) is 78.9 Å². The van der Waals surface area contributed by atoms with Gasteiger partial charge in [0.1, 0.15) is 18.1 Å². The van der Waals surface area contributed by atoms with Crippen molar-refractivity contribution in [3.05, 3.63) is 95.6 Å². The van der Waals surface area contributed by atoms with E-state index in [1.54, 1.807) is 19.2 Å². The topological polar surface area (TPSA) is 47.6 Å². The van der Waals surface area contributed by atoms with Crippen LogP contribution in [0.1, 0.15) is 21.5 Å². The molecular weight excluding hydrogens is 326 g/mol. The van der Waals surface area contributed by atoms with Crippen molar-refractivity contribution in [1.29, 1.82) is 0 Å². The van der Waals surface area contributed by atoms with Crippen molar-refractivity contribution in [3.8, 4) is 11.5 Å². The van der Waals surface area contributed by atoms with E-state index in [9.17, 15) is 4.79 Å². The summed E-state index contributed by atoms with van der Waals surface area (Å²) in [6, 6.07) is 24.7. The maximum Gasteiger partial charge on any atom is 0.255 e. The maximum absolute atomic E-state index is 12.5. The fraction of sp³-hybridized carbons (Fsp3) is 0.136. The molecule has 0 saturated carbocycles. The Bertz CT molecular complexity index is 862. The highest BCUT2D eigenvalue weighted by Crippen LogP contribution is 2.21. The molecule has 26 heavy (non-hydrogen) atoms. The third-order valence-corrected chi connectivity index (χ3v) is 3.96. The summed E-state index contributed by atoms with van der Waals surface area (Å²) in [6.45, 7) is 0.837. The molecule has 0 radical (unpaired) electrons. The lowest BCUT2D eigenvalue weighted by atomic mass is 10.1. The molecule has 4 nitrogen and oxygen atoms in total. The molecule has 3 aromatic carbocycles. The van der Waals surface area contributed by atoms with Crippen molar-refractivity contribution in [2.45, 2.75) is 13.2 Å². The van der Waals surface area contributed by atoms with Gasteiger partial charge in [0.15, 0.2) is 0 Å². The van der Waals surface area contributed by atoms with Crippen LogP contribution in [0.2, 0.25) is 0 Å². The van der Waals surface area contributed by atoms with Gasteiger partial charge in [-0.2, -0.15) is 0 Å². The number of hydrogen-bond acceptors (Lipinski definition) is 3. The molecule has 1 amide bonds. The van der Waals surface area contributed by atoms with Crippen molar-refractivity contribution in [2.24, 2.45) is 0 Å². The Labute approximate surface area is 153 Å². The van der Waals surface area contributed by atoms with Crippen LogP contribution in [0.25, 0.3) is 0 Å². The van der Waals surface area contributed by atoms with E-state index >= 15 is 0 Å². The number of hydrogen-bond donors (Lipinski definition) is 1. The lowest BCUT2D eigenvalue weighted by Crippen LogP contribution is -2.23. The van der Waals surface area contributed by atoms with Gasteiger partial charge in [-0.15, -0.1) is 0 Å². The molecule has 0 spiro atoms. The second-order valence-corrected chi connectivity index (χ2v) is 5.80. The summed E-state index contributed by atoms with van der Waals surface area (Å²) in [5.74, 6) is 1.18. The Morgan fingerprint density at radius 3 is 2.42 bits per heavy atom. The molecule has 0 heterocycles. The zero-order valence-electron chi connectivity index (χ0n) is 14.6. The van der Waals surface area contributed by atoms with E-state index in [2.05, 4.69) is 5.32 Å². The first kappa shape index (κ1) is 17.5. The van der Waals surface area contributed by atoms with Crippen LogP contribution in [0, 0.1) is 0 Å². The molecule has 4 heteroatoms. The zero-order chi connectivity index (χ0) is 18.2. The van der Waals surface area contributed by atoms with Crippen LogP contribution in [-0.2, 0) is 13.2 Å². The van der Waals surface area contributed by atoms with E-state index in [0.29, 0.717) is 24.5 Å². The number of rotatable bonds is 7. The molecule has 132 valence electrons. The van der Waals surface area contributed by atoms with E-state index in [4.69, 9.17) is 9.47 Å². The second-order valence-electron chi connectivity index (χ2n) is 5.80. The largest absolute Gasteiger partial charge is 0.497 e. The zero-order valence-corrected chi connectivity index (χ0v) is 14.6. The molecule has 0 aliphatic heterocycles. The lowest BCUT2D eigenvalue weighted by Gasteiger charge is -2.12. The minimum atomic E-state index is -0.157. The third kappa shape index (κ3) is 4.63. The Kier molecular flexibility index (Phi) is 5.88. The van der Waals surface area contributed by atoms with Crippen molar-refractivity contribution in [1.82, 2.24) is 5.32 Å². The third-order valence-electron chi connectivity index (χ3n) is 3.96. The molecule has 0 atom stereocenters. The minimum absolute atomic E-state index is 0.157. The Balaban J connectivity index is 1.66.